The normalized spacial score (nSPS) is 22.9. The zero-order valence-electron chi connectivity index (χ0n) is 33.7. The molecule has 0 unspecified atom stereocenters. The lowest BCUT2D eigenvalue weighted by atomic mass is 10.0. The van der Waals surface area contributed by atoms with Crippen molar-refractivity contribution in [2.24, 2.45) is 0 Å². The van der Waals surface area contributed by atoms with E-state index in [1.54, 1.807) is 23.1 Å². The van der Waals surface area contributed by atoms with Gasteiger partial charge in [0.05, 0.1) is 36.7 Å². The number of nitrogen functional groups attached to an aromatic ring is 1. The van der Waals surface area contributed by atoms with Gasteiger partial charge in [-0.2, -0.15) is 0 Å². The molecule has 16 heteroatoms. The fourth-order valence-electron chi connectivity index (χ4n) is 8.66. The first kappa shape index (κ1) is 39.4. The molecule has 4 fully saturated rings. The second-order valence-electron chi connectivity index (χ2n) is 16.0. The zero-order valence-corrected chi connectivity index (χ0v) is 33.7. The van der Waals surface area contributed by atoms with Crippen molar-refractivity contribution >= 4 is 45.9 Å². The largest absolute Gasteiger partial charge is 0.507 e. The predicted octanol–water partition coefficient (Wildman–Crippen LogP) is 4.48. The van der Waals surface area contributed by atoms with E-state index in [0.717, 1.165) is 33.4 Å². The van der Waals surface area contributed by atoms with Gasteiger partial charge in [-0.15, -0.1) is 10.2 Å². The summed E-state index contributed by atoms with van der Waals surface area (Å²) in [5, 5.41) is 22.3. The molecule has 3 aromatic carbocycles. The Hall–Kier alpha value is -6.07. The smallest absolute Gasteiger partial charge is 0.328 e. The van der Waals surface area contributed by atoms with Crippen LogP contribution >= 0.6 is 0 Å². The molecule has 2 atom stereocenters. The summed E-state index contributed by atoms with van der Waals surface area (Å²) in [6.07, 6.45) is 1.66. The molecule has 60 heavy (non-hydrogen) atoms. The van der Waals surface area contributed by atoms with E-state index in [2.05, 4.69) is 36.1 Å². The van der Waals surface area contributed by atoms with Crippen LogP contribution in [0.5, 0.6) is 5.75 Å². The minimum absolute atomic E-state index is 0.00301. The lowest BCUT2D eigenvalue weighted by Crippen LogP contribution is -2.51. The molecule has 2 aromatic heterocycles. The molecule has 0 radical (unpaired) electrons. The predicted molar refractivity (Wildman–Crippen MR) is 225 cm³/mol. The van der Waals surface area contributed by atoms with Gasteiger partial charge in [-0.3, -0.25) is 24.7 Å². The highest BCUT2D eigenvalue weighted by molar-refractivity contribution is 6.06. The molecule has 9 rings (SSSR count). The van der Waals surface area contributed by atoms with E-state index < -0.39 is 6.03 Å². The number of nitrogens with one attached hydrogen (secondary N) is 1. The number of hydrogen-bond donors (Lipinski definition) is 3. The number of rotatable bonds is 8. The summed E-state index contributed by atoms with van der Waals surface area (Å²) in [6, 6.07) is 22.1. The number of nitrogens with zero attached hydrogens (tertiary/aromatic N) is 7. The van der Waals surface area contributed by atoms with Gasteiger partial charge in [0.2, 0.25) is 5.91 Å². The highest BCUT2D eigenvalue weighted by Crippen LogP contribution is 2.36. The van der Waals surface area contributed by atoms with Gasteiger partial charge in [-0.1, -0.05) is 24.3 Å². The Labute approximate surface area is 347 Å². The van der Waals surface area contributed by atoms with E-state index in [9.17, 15) is 19.5 Å². The van der Waals surface area contributed by atoms with Gasteiger partial charge in [0, 0.05) is 92.7 Å². The molecule has 0 bridgehead atoms. The fourth-order valence-corrected chi connectivity index (χ4v) is 8.66. The Morgan fingerprint density at radius 2 is 1.70 bits per heavy atom. The van der Waals surface area contributed by atoms with Crippen molar-refractivity contribution < 1.29 is 33.7 Å². The Kier molecular flexibility index (Phi) is 10.9. The van der Waals surface area contributed by atoms with Crippen LogP contribution < -0.4 is 20.9 Å². The summed E-state index contributed by atoms with van der Waals surface area (Å²) in [7, 11) is 0. The second-order valence-corrected chi connectivity index (χ2v) is 16.0. The summed E-state index contributed by atoms with van der Waals surface area (Å²) in [4.78, 5) is 45.6. The maximum Gasteiger partial charge on any atom is 0.328 e. The van der Waals surface area contributed by atoms with Gasteiger partial charge in [0.1, 0.15) is 11.9 Å². The van der Waals surface area contributed by atoms with Crippen LogP contribution in [0.3, 0.4) is 0 Å². The standard InChI is InChI=1S/C44H49N9O7/c1-27-21-53(36-12-11-31(19-34(27)36)52-14-13-40(55)46-44(52)57)32-25-58-41(59-26-32)24-49-15-17-50(18-16-49)43(56)30-9-7-29(8-10-30)39-23-51(22-28(2)60-39)37-20-35(47-48-42(37)45)33-5-3-4-6-38(33)54/h3-12,19-21,28,32,39,41,54H,13-18,22-26H2,1-2H3,(H2,45,48)(H,46,55,57)/t28-,32?,39-,41?/m0/s1. The number of nitrogens with two attached hydrogens (primary N) is 1. The molecule has 0 spiro atoms. The first-order valence-electron chi connectivity index (χ1n) is 20.5. The summed E-state index contributed by atoms with van der Waals surface area (Å²) in [5.41, 5.74) is 12.6. The molecule has 4 N–H and O–H groups in total. The molecule has 4 aliphatic rings. The molecule has 0 aliphatic carbocycles. The number of imide groups is 1. The second kappa shape index (κ2) is 16.5. The molecule has 4 amide bonds. The third-order valence-corrected chi connectivity index (χ3v) is 11.9. The Bertz CT molecular complexity index is 2410. The average molecular weight is 816 g/mol. The van der Waals surface area contributed by atoms with E-state index >= 15 is 0 Å². The van der Waals surface area contributed by atoms with Crippen LogP contribution in [0.4, 0.5) is 22.0 Å². The van der Waals surface area contributed by atoms with Crippen LogP contribution in [0.1, 0.15) is 47.0 Å². The van der Waals surface area contributed by atoms with Crippen molar-refractivity contribution in [1.82, 2.24) is 29.9 Å². The van der Waals surface area contributed by atoms with Gasteiger partial charge in [0.15, 0.2) is 12.1 Å². The molecular formula is C44H49N9O7. The summed E-state index contributed by atoms with van der Waals surface area (Å²) >= 11 is 0. The van der Waals surface area contributed by atoms with Gasteiger partial charge < -0.3 is 39.4 Å². The number of phenols is 1. The Morgan fingerprint density at radius 3 is 2.45 bits per heavy atom. The van der Waals surface area contributed by atoms with Crippen LogP contribution in [0, 0.1) is 6.92 Å². The van der Waals surface area contributed by atoms with Gasteiger partial charge in [-0.25, -0.2) is 4.79 Å². The lowest BCUT2D eigenvalue weighted by molar-refractivity contribution is -0.203. The molecule has 16 nitrogen and oxygen atoms in total. The van der Waals surface area contributed by atoms with Gasteiger partial charge in [0.25, 0.3) is 5.91 Å². The van der Waals surface area contributed by atoms with Crippen LogP contribution in [0.15, 0.2) is 79.0 Å². The third-order valence-electron chi connectivity index (χ3n) is 11.9. The van der Waals surface area contributed by atoms with Crippen molar-refractivity contribution in [3.05, 3.63) is 95.7 Å². The number of carbonyl (C=O) groups excluding carboxylic acids is 3. The number of morpholine rings is 1. The number of fused-ring (bicyclic) bond motifs is 1. The summed E-state index contributed by atoms with van der Waals surface area (Å²) in [5.74, 6) is 0.166. The van der Waals surface area contributed by atoms with Gasteiger partial charge >= 0.3 is 6.03 Å². The summed E-state index contributed by atoms with van der Waals surface area (Å²) < 4.78 is 21.0. The number of amides is 4. The zero-order chi connectivity index (χ0) is 41.5. The molecule has 4 saturated heterocycles. The van der Waals surface area contributed by atoms with E-state index in [1.165, 1.54) is 0 Å². The molecule has 0 saturated carbocycles. The minimum atomic E-state index is -0.398. The SMILES string of the molecule is Cc1cn(C2COC(CN3CCN(C(=O)c4ccc([C@@H]5CN(c6cc(-c7ccccc7O)nnc6N)C[C@H](C)O5)cc4)CC3)OC2)c2ccc(N3CCC(=O)NC3=O)cc12. The van der Waals surface area contributed by atoms with E-state index in [4.69, 9.17) is 19.9 Å². The minimum Gasteiger partial charge on any atom is -0.507 e. The van der Waals surface area contributed by atoms with Crippen LogP contribution in [-0.2, 0) is 19.0 Å². The van der Waals surface area contributed by atoms with E-state index in [0.29, 0.717) is 88.2 Å². The lowest BCUT2D eigenvalue weighted by Gasteiger charge is -2.39. The highest BCUT2D eigenvalue weighted by atomic mass is 16.7. The van der Waals surface area contributed by atoms with E-state index in [1.807, 2.05) is 73.3 Å². The number of aromatic hydroxyl groups is 1. The fraction of sp³-hybridized carbons (Fsp3) is 0.386. The first-order chi connectivity index (χ1) is 29.1. The van der Waals surface area contributed by atoms with Crippen molar-refractivity contribution in [3.8, 4) is 17.0 Å². The van der Waals surface area contributed by atoms with Crippen LogP contribution in [0.25, 0.3) is 22.2 Å². The number of para-hydroxylation sites is 1. The number of carbonyl (C=O) groups is 3. The van der Waals surface area contributed by atoms with Gasteiger partial charge in [-0.05, 0) is 73.5 Å². The maximum absolute atomic E-state index is 13.6. The maximum atomic E-state index is 13.6. The highest BCUT2D eigenvalue weighted by Gasteiger charge is 2.32. The number of aryl methyl sites for hydroxylation is 1. The number of anilines is 3. The number of phenolic OH excluding ortho intramolecular Hbond substituents is 1. The molecule has 6 heterocycles. The average Bonchev–Trinajstić information content (AvgIpc) is 3.59. The van der Waals surface area contributed by atoms with Crippen molar-refractivity contribution in [2.45, 2.75) is 44.8 Å². The van der Waals surface area contributed by atoms with Crippen LogP contribution in [-0.4, -0.2) is 125 Å². The Morgan fingerprint density at radius 1 is 0.933 bits per heavy atom. The monoisotopic (exact) mass is 815 g/mol. The number of aromatic nitrogens is 3. The Balaban J connectivity index is 0.762. The van der Waals surface area contributed by atoms with Crippen molar-refractivity contribution in [1.29, 1.82) is 0 Å². The van der Waals surface area contributed by atoms with Crippen molar-refractivity contribution in [2.75, 3.05) is 81.1 Å². The number of piperazine rings is 1. The number of benzene rings is 3. The van der Waals surface area contributed by atoms with Crippen LogP contribution in [0.2, 0.25) is 0 Å². The molecule has 312 valence electrons. The topological polar surface area (TPSA) is 181 Å². The van der Waals surface area contributed by atoms with E-state index in [-0.39, 0.29) is 48.5 Å². The molecule has 4 aliphatic heterocycles. The molecule has 5 aromatic rings. The first-order valence-corrected chi connectivity index (χ1v) is 20.5. The third kappa shape index (κ3) is 7.98. The number of hydrogen-bond acceptors (Lipinski definition) is 12. The number of ether oxygens (including phenoxy) is 3. The molecular weight excluding hydrogens is 767 g/mol. The summed E-state index contributed by atoms with van der Waals surface area (Å²) in [6.45, 7) is 9.80. The number of urea groups is 1. The van der Waals surface area contributed by atoms with Crippen molar-refractivity contribution in [3.63, 3.8) is 0 Å². The quantitative estimate of drug-likeness (QED) is 0.200.